The largest absolute Gasteiger partial charge is 0.493 e. The molecule has 3 rings (SSSR count). The predicted molar refractivity (Wildman–Crippen MR) is 140 cm³/mol. The second-order valence-corrected chi connectivity index (χ2v) is 8.39. The van der Waals surface area contributed by atoms with Gasteiger partial charge in [-0.2, -0.15) is 8.78 Å². The summed E-state index contributed by atoms with van der Waals surface area (Å²) in [6.07, 6.45) is 2.13. The smallest absolute Gasteiger partial charge is 0.387 e. The Labute approximate surface area is 224 Å². The minimum absolute atomic E-state index is 0.0252. The third kappa shape index (κ3) is 9.49. The molecule has 0 atom stereocenters. The second kappa shape index (κ2) is 14.7. The number of alkyl halides is 2. The lowest BCUT2D eigenvalue weighted by molar-refractivity contribution is -0.117. The SMILES string of the molecule is COCCNC(=O)/C(=C/c1ccc(OC(F)F)cc1)NC(=O)c1ccc(OCCc2ccc(Cl)cc2)cc1. The molecule has 0 bridgehead atoms. The van der Waals surface area contributed by atoms with Crippen molar-refractivity contribution >= 4 is 29.5 Å². The van der Waals surface area contributed by atoms with Gasteiger partial charge in [0.1, 0.15) is 17.2 Å². The lowest BCUT2D eigenvalue weighted by atomic mass is 10.1. The average molecular weight is 545 g/mol. The summed E-state index contributed by atoms with van der Waals surface area (Å²) in [5.41, 5.74) is 1.86. The van der Waals surface area contributed by atoms with E-state index in [4.69, 9.17) is 21.1 Å². The van der Waals surface area contributed by atoms with Gasteiger partial charge < -0.3 is 24.8 Å². The van der Waals surface area contributed by atoms with Crippen molar-refractivity contribution in [2.45, 2.75) is 13.0 Å². The molecule has 3 aromatic rings. The minimum atomic E-state index is -2.95. The first-order chi connectivity index (χ1) is 18.3. The molecule has 0 fully saturated rings. The van der Waals surface area contributed by atoms with Gasteiger partial charge in [0.05, 0.1) is 13.2 Å². The van der Waals surface area contributed by atoms with Crippen LogP contribution >= 0.6 is 11.6 Å². The highest BCUT2D eigenvalue weighted by molar-refractivity contribution is 6.30. The summed E-state index contributed by atoms with van der Waals surface area (Å²) >= 11 is 5.90. The Balaban J connectivity index is 1.64. The topological polar surface area (TPSA) is 85.9 Å². The average Bonchev–Trinajstić information content (AvgIpc) is 2.90. The van der Waals surface area contributed by atoms with E-state index in [1.807, 2.05) is 24.3 Å². The first kappa shape index (κ1) is 28.6. The Hall–Kier alpha value is -3.95. The zero-order valence-corrected chi connectivity index (χ0v) is 21.3. The molecule has 10 heteroatoms. The number of methoxy groups -OCH3 is 1. The van der Waals surface area contributed by atoms with E-state index in [9.17, 15) is 18.4 Å². The fraction of sp³-hybridized carbons (Fsp3) is 0.214. The fourth-order valence-electron chi connectivity index (χ4n) is 3.27. The third-order valence-electron chi connectivity index (χ3n) is 5.19. The molecule has 0 aliphatic heterocycles. The first-order valence-electron chi connectivity index (χ1n) is 11.7. The molecule has 38 heavy (non-hydrogen) atoms. The number of amides is 2. The van der Waals surface area contributed by atoms with Crippen LogP contribution in [0, 0.1) is 0 Å². The van der Waals surface area contributed by atoms with E-state index in [1.54, 1.807) is 24.3 Å². The first-order valence-corrected chi connectivity index (χ1v) is 12.0. The van der Waals surface area contributed by atoms with Crippen LogP contribution in [0.2, 0.25) is 5.02 Å². The molecule has 0 saturated heterocycles. The summed E-state index contributed by atoms with van der Waals surface area (Å²) in [6.45, 7) is -1.99. The molecule has 7 nitrogen and oxygen atoms in total. The molecule has 0 unspecified atom stereocenters. The quantitative estimate of drug-likeness (QED) is 0.231. The van der Waals surface area contributed by atoms with Crippen LogP contribution < -0.4 is 20.1 Å². The molecule has 2 amide bonds. The molecule has 0 aromatic heterocycles. The maximum atomic E-state index is 12.9. The monoisotopic (exact) mass is 544 g/mol. The molecular weight excluding hydrogens is 518 g/mol. The highest BCUT2D eigenvalue weighted by Crippen LogP contribution is 2.18. The second-order valence-electron chi connectivity index (χ2n) is 7.96. The Kier molecular flexibility index (Phi) is 11.1. The van der Waals surface area contributed by atoms with Crippen molar-refractivity contribution in [2.24, 2.45) is 0 Å². The zero-order chi connectivity index (χ0) is 27.3. The van der Waals surface area contributed by atoms with Crippen LogP contribution in [0.1, 0.15) is 21.5 Å². The van der Waals surface area contributed by atoms with E-state index in [0.29, 0.717) is 34.9 Å². The number of carbonyl (C=O) groups is 2. The summed E-state index contributed by atoms with van der Waals surface area (Å²) in [6, 6.07) is 19.7. The Morgan fingerprint density at radius 3 is 2.21 bits per heavy atom. The van der Waals surface area contributed by atoms with Crippen LogP contribution in [-0.2, 0) is 16.0 Å². The van der Waals surface area contributed by atoms with E-state index >= 15 is 0 Å². The maximum absolute atomic E-state index is 12.9. The van der Waals surface area contributed by atoms with Gasteiger partial charge in [-0.3, -0.25) is 9.59 Å². The zero-order valence-electron chi connectivity index (χ0n) is 20.6. The van der Waals surface area contributed by atoms with Gasteiger partial charge in [-0.1, -0.05) is 35.9 Å². The van der Waals surface area contributed by atoms with Crippen molar-refractivity contribution in [1.82, 2.24) is 10.6 Å². The van der Waals surface area contributed by atoms with Gasteiger partial charge in [-0.25, -0.2) is 0 Å². The summed E-state index contributed by atoms with van der Waals surface area (Å²) < 4.78 is 39.8. The molecule has 0 aliphatic carbocycles. The molecule has 0 radical (unpaired) electrons. The van der Waals surface area contributed by atoms with Crippen LogP contribution in [-0.4, -0.2) is 45.3 Å². The highest BCUT2D eigenvalue weighted by Gasteiger charge is 2.15. The van der Waals surface area contributed by atoms with E-state index in [2.05, 4.69) is 15.4 Å². The predicted octanol–water partition coefficient (Wildman–Crippen LogP) is 5.10. The van der Waals surface area contributed by atoms with Crippen molar-refractivity contribution in [2.75, 3.05) is 26.9 Å². The van der Waals surface area contributed by atoms with Crippen molar-refractivity contribution < 1.29 is 32.6 Å². The van der Waals surface area contributed by atoms with Crippen molar-refractivity contribution in [3.05, 3.63) is 100 Å². The van der Waals surface area contributed by atoms with Gasteiger partial charge in [0.2, 0.25) is 0 Å². The number of benzene rings is 3. The highest BCUT2D eigenvalue weighted by atomic mass is 35.5. The number of ether oxygens (including phenoxy) is 3. The van der Waals surface area contributed by atoms with E-state index < -0.39 is 18.4 Å². The Bertz CT molecular complexity index is 1220. The van der Waals surface area contributed by atoms with E-state index in [0.717, 1.165) is 5.56 Å². The molecule has 0 heterocycles. The van der Waals surface area contributed by atoms with Crippen molar-refractivity contribution in [1.29, 1.82) is 0 Å². The molecular formula is C28H27ClF2N2O5. The van der Waals surface area contributed by atoms with Gasteiger partial charge in [0.25, 0.3) is 11.8 Å². The lowest BCUT2D eigenvalue weighted by Crippen LogP contribution is -2.36. The lowest BCUT2D eigenvalue weighted by Gasteiger charge is -2.12. The summed E-state index contributed by atoms with van der Waals surface area (Å²) in [7, 11) is 1.50. The van der Waals surface area contributed by atoms with Gasteiger partial charge in [0, 0.05) is 30.7 Å². The number of halogens is 3. The summed E-state index contributed by atoms with van der Waals surface area (Å²) in [5, 5.41) is 5.93. The number of rotatable bonds is 13. The van der Waals surface area contributed by atoms with Gasteiger partial charge >= 0.3 is 6.61 Å². The molecule has 0 aliphatic rings. The van der Waals surface area contributed by atoms with Crippen molar-refractivity contribution in [3.63, 3.8) is 0 Å². The molecule has 0 spiro atoms. The number of carbonyl (C=O) groups excluding carboxylic acids is 2. The standard InChI is InChI=1S/C28H27ClF2N2O5/c1-36-17-15-32-27(35)25(18-20-4-10-24(11-5-20)38-28(30)31)33-26(34)21-6-12-23(13-7-21)37-16-14-19-2-8-22(29)9-3-19/h2-13,18,28H,14-17H2,1H3,(H,32,35)(H,33,34)/b25-18-. The Morgan fingerprint density at radius 1 is 0.921 bits per heavy atom. The van der Waals surface area contributed by atoms with Crippen LogP contribution in [0.4, 0.5) is 8.78 Å². The maximum Gasteiger partial charge on any atom is 0.387 e. The molecule has 200 valence electrons. The van der Waals surface area contributed by atoms with Crippen molar-refractivity contribution in [3.8, 4) is 11.5 Å². The molecule has 0 saturated carbocycles. The minimum Gasteiger partial charge on any atom is -0.493 e. The summed E-state index contributed by atoms with van der Waals surface area (Å²) in [4.78, 5) is 25.6. The van der Waals surface area contributed by atoms with Crippen LogP contribution in [0.3, 0.4) is 0 Å². The number of hydrogen-bond acceptors (Lipinski definition) is 5. The van der Waals surface area contributed by atoms with Gasteiger partial charge in [-0.15, -0.1) is 0 Å². The summed E-state index contributed by atoms with van der Waals surface area (Å²) in [5.74, 6) is -0.480. The van der Waals surface area contributed by atoms with E-state index in [-0.39, 0.29) is 24.6 Å². The van der Waals surface area contributed by atoms with Gasteiger partial charge in [-0.05, 0) is 65.7 Å². The van der Waals surface area contributed by atoms with E-state index in [1.165, 1.54) is 37.5 Å². The normalized spacial score (nSPS) is 11.2. The van der Waals surface area contributed by atoms with Crippen LogP contribution in [0.15, 0.2) is 78.5 Å². The van der Waals surface area contributed by atoms with Crippen LogP contribution in [0.25, 0.3) is 6.08 Å². The number of nitrogens with one attached hydrogen (secondary N) is 2. The molecule has 3 aromatic carbocycles. The molecule has 2 N–H and O–H groups in total. The fourth-order valence-corrected chi connectivity index (χ4v) is 3.39. The third-order valence-corrected chi connectivity index (χ3v) is 5.44. The van der Waals surface area contributed by atoms with Gasteiger partial charge in [0.15, 0.2) is 0 Å². The van der Waals surface area contributed by atoms with Crippen LogP contribution in [0.5, 0.6) is 11.5 Å². The Morgan fingerprint density at radius 2 is 1.58 bits per heavy atom. The number of hydrogen-bond donors (Lipinski definition) is 2.